The first-order chi connectivity index (χ1) is 11.7. The van der Waals surface area contributed by atoms with E-state index >= 15 is 0 Å². The molecule has 0 fully saturated rings. The number of hydrogen-bond acceptors (Lipinski definition) is 8. The van der Waals surface area contributed by atoms with Crippen molar-refractivity contribution in [1.29, 1.82) is 0 Å². The average Bonchev–Trinajstić information content (AvgIpc) is 2.87. The first kappa shape index (κ1) is 21.2. The van der Waals surface area contributed by atoms with Gasteiger partial charge in [-0.15, -0.1) is 11.6 Å². The largest absolute Gasteiger partial charge is 0.490 e. The molecule has 0 saturated heterocycles. The van der Waals surface area contributed by atoms with Gasteiger partial charge in [0.05, 0.1) is 11.5 Å². The molecule has 0 unspecified atom stereocenters. The van der Waals surface area contributed by atoms with Gasteiger partial charge in [-0.1, -0.05) is 0 Å². The number of sulfonamides is 1. The first-order valence-corrected chi connectivity index (χ1v) is 13.1. The molecule has 1 aliphatic heterocycles. The van der Waals surface area contributed by atoms with Crippen LogP contribution in [0.5, 0.6) is 11.5 Å². The van der Waals surface area contributed by atoms with E-state index in [9.17, 15) is 25.3 Å². The maximum atomic E-state index is 12.2. The van der Waals surface area contributed by atoms with Crippen LogP contribution in [0.2, 0.25) is 0 Å². The van der Waals surface area contributed by atoms with Crippen molar-refractivity contribution in [3.63, 3.8) is 0 Å². The molecule has 0 radical (unpaired) electrons. The summed E-state index contributed by atoms with van der Waals surface area (Å²) in [6.45, 7) is 0.0815. The van der Waals surface area contributed by atoms with Crippen LogP contribution in [0.3, 0.4) is 0 Å². The molecule has 0 bridgehead atoms. The second-order valence-corrected chi connectivity index (χ2v) is 12.5. The van der Waals surface area contributed by atoms with Gasteiger partial charge in [-0.05, 0) is 12.5 Å². The van der Waals surface area contributed by atoms with Gasteiger partial charge in [0.15, 0.2) is 11.5 Å². The highest BCUT2D eigenvalue weighted by Gasteiger charge is 2.58. The number of halogens is 1. The van der Waals surface area contributed by atoms with Crippen molar-refractivity contribution >= 4 is 41.3 Å². The van der Waals surface area contributed by atoms with E-state index in [2.05, 4.69) is 0 Å². The minimum Gasteiger partial charge on any atom is -0.490 e. The molecule has 0 spiro atoms. The van der Waals surface area contributed by atoms with E-state index in [4.69, 9.17) is 26.2 Å². The van der Waals surface area contributed by atoms with Gasteiger partial charge in [-0.3, -0.25) is 0 Å². The quantitative estimate of drug-likeness (QED) is 0.454. The molecule has 0 amide bonds. The molecule has 9 nitrogen and oxygen atoms in total. The van der Waals surface area contributed by atoms with Crippen LogP contribution in [0.15, 0.2) is 17.0 Å². The van der Waals surface area contributed by atoms with Gasteiger partial charge in [-0.25, -0.2) is 30.4 Å². The monoisotopic (exact) mass is 447 g/mol. The van der Waals surface area contributed by atoms with E-state index in [0.717, 1.165) is 24.6 Å². The summed E-state index contributed by atoms with van der Waals surface area (Å²) in [6.07, 6.45) is 1.29. The predicted octanol–water partition coefficient (Wildman–Crippen LogP) is 0.0196. The fourth-order valence-electron chi connectivity index (χ4n) is 2.50. The number of rotatable bonds is 7. The third-order valence-corrected chi connectivity index (χ3v) is 9.46. The van der Waals surface area contributed by atoms with Gasteiger partial charge < -0.3 is 9.47 Å². The number of benzene rings is 1. The molecule has 26 heavy (non-hydrogen) atoms. The Balaban J connectivity index is 2.68. The summed E-state index contributed by atoms with van der Waals surface area (Å²) in [5.74, 6) is 0.00258. The van der Waals surface area contributed by atoms with E-state index in [1.807, 2.05) is 0 Å². The SMILES string of the molecule is CS(=O)(=O)C1(S(C)(=O)=O)Cc2cc(S(N)(=O)=O)cc(OCCCCl)c2O1. The molecule has 1 aliphatic rings. The second-order valence-electron chi connectivity index (χ2n) is 5.85. The Labute approximate surface area is 157 Å². The zero-order chi connectivity index (χ0) is 20.0. The number of hydrogen-bond donors (Lipinski definition) is 1. The number of nitrogens with two attached hydrogens (primary N) is 1. The summed E-state index contributed by atoms with van der Waals surface area (Å²) in [4.78, 5) is -0.349. The number of fused-ring (bicyclic) bond motifs is 1. The molecular formula is C13H18ClNO8S3. The third kappa shape index (κ3) is 3.79. The van der Waals surface area contributed by atoms with Crippen LogP contribution in [-0.2, 0) is 36.1 Å². The summed E-state index contributed by atoms with van der Waals surface area (Å²) < 4.78 is 80.5. The third-order valence-electron chi connectivity index (χ3n) is 3.76. The molecule has 0 aliphatic carbocycles. The van der Waals surface area contributed by atoms with Gasteiger partial charge >= 0.3 is 4.27 Å². The average molecular weight is 448 g/mol. The van der Waals surface area contributed by atoms with Crippen molar-refractivity contribution in [1.82, 2.24) is 0 Å². The smallest absolute Gasteiger partial charge is 0.311 e. The first-order valence-electron chi connectivity index (χ1n) is 7.19. The Bertz CT molecular complexity index is 999. The Morgan fingerprint density at radius 2 is 1.73 bits per heavy atom. The highest BCUT2D eigenvalue weighted by atomic mass is 35.5. The molecule has 1 aromatic carbocycles. The van der Waals surface area contributed by atoms with E-state index in [0.29, 0.717) is 6.42 Å². The van der Waals surface area contributed by atoms with E-state index in [-0.39, 0.29) is 34.4 Å². The number of alkyl halides is 1. The molecule has 2 rings (SSSR count). The number of ether oxygens (including phenoxy) is 2. The van der Waals surface area contributed by atoms with Crippen molar-refractivity contribution in [2.24, 2.45) is 5.14 Å². The number of sulfone groups is 2. The summed E-state index contributed by atoms with van der Waals surface area (Å²) in [7, 11) is -12.6. The van der Waals surface area contributed by atoms with Gasteiger partial charge in [0.2, 0.25) is 29.7 Å². The van der Waals surface area contributed by atoms with Crippen molar-refractivity contribution in [2.45, 2.75) is 22.0 Å². The van der Waals surface area contributed by atoms with Crippen LogP contribution in [0.4, 0.5) is 0 Å². The second kappa shape index (κ2) is 6.82. The zero-order valence-corrected chi connectivity index (χ0v) is 17.1. The Morgan fingerprint density at radius 3 is 2.19 bits per heavy atom. The lowest BCUT2D eigenvalue weighted by molar-refractivity contribution is 0.239. The molecule has 0 aromatic heterocycles. The normalized spacial score (nSPS) is 16.8. The zero-order valence-electron chi connectivity index (χ0n) is 13.9. The highest BCUT2D eigenvalue weighted by molar-refractivity contribution is 8.09. The van der Waals surface area contributed by atoms with E-state index in [1.165, 1.54) is 0 Å². The van der Waals surface area contributed by atoms with Crippen LogP contribution < -0.4 is 14.6 Å². The topological polar surface area (TPSA) is 147 Å². The van der Waals surface area contributed by atoms with Crippen molar-refractivity contribution < 1.29 is 34.7 Å². The summed E-state index contributed by atoms with van der Waals surface area (Å²) in [5, 5.41) is 5.13. The van der Waals surface area contributed by atoms with Crippen LogP contribution in [0.25, 0.3) is 0 Å². The van der Waals surface area contributed by atoms with Crippen LogP contribution in [0, 0.1) is 0 Å². The maximum Gasteiger partial charge on any atom is 0.311 e. The van der Waals surface area contributed by atoms with Crippen LogP contribution in [0.1, 0.15) is 12.0 Å². The van der Waals surface area contributed by atoms with Gasteiger partial charge in [0, 0.05) is 36.4 Å². The van der Waals surface area contributed by atoms with Gasteiger partial charge in [0.1, 0.15) is 0 Å². The lowest BCUT2D eigenvalue weighted by atomic mass is 10.1. The standard InChI is InChI=1S/C13H18ClNO8S3/c1-24(16,17)13(25(2,18)19)8-9-6-10(26(15,20)21)7-11(12(9)23-13)22-5-3-4-14/h6-7H,3-5,8H2,1-2H3,(H2,15,20,21). The lowest BCUT2D eigenvalue weighted by Crippen LogP contribution is -2.49. The van der Waals surface area contributed by atoms with E-state index < -0.39 is 40.4 Å². The van der Waals surface area contributed by atoms with Gasteiger partial charge in [0.25, 0.3) is 0 Å². The molecule has 1 heterocycles. The molecule has 148 valence electrons. The predicted molar refractivity (Wildman–Crippen MR) is 95.4 cm³/mol. The molecular weight excluding hydrogens is 430 g/mol. The molecule has 13 heteroatoms. The van der Waals surface area contributed by atoms with E-state index in [1.54, 1.807) is 0 Å². The summed E-state index contributed by atoms with van der Waals surface area (Å²) in [5.41, 5.74) is 0.0493. The molecule has 0 saturated carbocycles. The summed E-state index contributed by atoms with van der Waals surface area (Å²) in [6, 6.07) is 2.14. The maximum absolute atomic E-state index is 12.2. The molecule has 2 N–H and O–H groups in total. The van der Waals surface area contributed by atoms with Crippen molar-refractivity contribution in [3.8, 4) is 11.5 Å². The van der Waals surface area contributed by atoms with Crippen LogP contribution in [-0.4, -0.2) is 54.5 Å². The molecule has 1 aromatic rings. The minimum atomic E-state index is -4.25. The van der Waals surface area contributed by atoms with Crippen molar-refractivity contribution in [3.05, 3.63) is 17.7 Å². The lowest BCUT2D eigenvalue weighted by Gasteiger charge is -2.24. The van der Waals surface area contributed by atoms with Gasteiger partial charge in [-0.2, -0.15) is 0 Å². The Morgan fingerprint density at radius 1 is 1.15 bits per heavy atom. The minimum absolute atomic E-state index is 0.0493. The fourth-order valence-corrected chi connectivity index (χ4v) is 6.69. The van der Waals surface area contributed by atoms with Crippen molar-refractivity contribution in [2.75, 3.05) is 25.0 Å². The van der Waals surface area contributed by atoms with Crippen LogP contribution >= 0.6 is 11.6 Å². The Hall–Kier alpha value is -1.08. The summed E-state index contributed by atoms with van der Waals surface area (Å²) >= 11 is 5.57. The highest BCUT2D eigenvalue weighted by Crippen LogP contribution is 2.47. The molecule has 0 atom stereocenters. The Kier molecular flexibility index (Phi) is 5.57. The fraction of sp³-hybridized carbons (Fsp3) is 0.538. The number of primary sulfonamides is 1.